The summed E-state index contributed by atoms with van der Waals surface area (Å²) >= 11 is 0. The molecule has 120 valence electrons. The van der Waals surface area contributed by atoms with E-state index in [0.29, 0.717) is 19.0 Å². The number of amides is 1. The zero-order chi connectivity index (χ0) is 14.6. The van der Waals surface area contributed by atoms with E-state index < -0.39 is 5.54 Å². The maximum absolute atomic E-state index is 12.0. The Balaban J connectivity index is 0.00000220. The van der Waals surface area contributed by atoms with Crippen LogP contribution in [0.3, 0.4) is 0 Å². The van der Waals surface area contributed by atoms with Gasteiger partial charge >= 0.3 is 0 Å². The van der Waals surface area contributed by atoms with Gasteiger partial charge in [-0.1, -0.05) is 26.2 Å². The Morgan fingerprint density at radius 1 is 1.52 bits per heavy atom. The Morgan fingerprint density at radius 2 is 2.19 bits per heavy atom. The average Bonchev–Trinajstić information content (AvgIpc) is 3.06. The minimum atomic E-state index is -0.789. The van der Waals surface area contributed by atoms with E-state index in [1.54, 1.807) is 6.92 Å². The lowest BCUT2D eigenvalue weighted by atomic mass is 9.96. The smallest absolute Gasteiger partial charge is 0.240 e. The van der Waals surface area contributed by atoms with E-state index in [4.69, 9.17) is 5.73 Å². The van der Waals surface area contributed by atoms with E-state index in [0.717, 1.165) is 12.1 Å². The molecule has 0 bridgehead atoms. The van der Waals surface area contributed by atoms with E-state index in [1.165, 1.54) is 25.7 Å². The molecular formula is C15H27ClN4O. The molecule has 2 rings (SSSR count). The van der Waals surface area contributed by atoms with Crippen molar-refractivity contribution in [3.8, 4) is 0 Å². The van der Waals surface area contributed by atoms with Crippen LogP contribution in [0.25, 0.3) is 0 Å². The first-order valence-electron chi connectivity index (χ1n) is 7.64. The van der Waals surface area contributed by atoms with E-state index in [-0.39, 0.29) is 18.3 Å². The monoisotopic (exact) mass is 314 g/mol. The fourth-order valence-electron chi connectivity index (χ4n) is 2.85. The molecule has 1 aliphatic carbocycles. The molecule has 1 aromatic heterocycles. The van der Waals surface area contributed by atoms with Crippen LogP contribution in [-0.2, 0) is 11.3 Å². The highest BCUT2D eigenvalue weighted by atomic mass is 35.5. The average molecular weight is 315 g/mol. The van der Waals surface area contributed by atoms with Crippen LogP contribution in [-0.4, -0.2) is 21.2 Å². The molecule has 1 aromatic rings. The van der Waals surface area contributed by atoms with Gasteiger partial charge in [-0.05, 0) is 32.3 Å². The van der Waals surface area contributed by atoms with Gasteiger partial charge in [-0.25, -0.2) is 0 Å². The Kier molecular flexibility index (Phi) is 6.68. The molecule has 3 N–H and O–H groups in total. The highest BCUT2D eigenvalue weighted by molar-refractivity contribution is 5.85. The first kappa shape index (κ1) is 18.0. The molecule has 0 spiro atoms. The van der Waals surface area contributed by atoms with Crippen LogP contribution in [0.1, 0.15) is 64.1 Å². The Bertz CT molecular complexity index is 452. The van der Waals surface area contributed by atoms with Crippen LogP contribution >= 0.6 is 12.4 Å². The molecule has 5 nitrogen and oxygen atoms in total. The molecule has 0 saturated heterocycles. The van der Waals surface area contributed by atoms with Crippen molar-refractivity contribution in [2.75, 3.05) is 0 Å². The van der Waals surface area contributed by atoms with Crippen molar-refractivity contribution >= 4 is 18.3 Å². The van der Waals surface area contributed by atoms with Crippen LogP contribution < -0.4 is 11.1 Å². The van der Waals surface area contributed by atoms with Gasteiger partial charge in [0.25, 0.3) is 0 Å². The second kappa shape index (κ2) is 7.80. The number of hydrogen-bond acceptors (Lipinski definition) is 3. The number of nitrogens with one attached hydrogen (secondary N) is 1. The lowest BCUT2D eigenvalue weighted by Crippen LogP contribution is -2.51. The summed E-state index contributed by atoms with van der Waals surface area (Å²) in [6, 6.07) is 2.52. The van der Waals surface area contributed by atoms with Gasteiger partial charge in [0.2, 0.25) is 5.91 Å². The van der Waals surface area contributed by atoms with Crippen LogP contribution in [0.4, 0.5) is 0 Å². The summed E-state index contributed by atoms with van der Waals surface area (Å²) in [5, 5.41) is 7.44. The third-order valence-corrected chi connectivity index (χ3v) is 4.08. The van der Waals surface area contributed by atoms with Gasteiger partial charge < -0.3 is 11.1 Å². The molecule has 1 heterocycles. The third kappa shape index (κ3) is 4.71. The molecule has 1 fully saturated rings. The largest absolute Gasteiger partial charge is 0.349 e. The highest BCUT2D eigenvalue weighted by Gasteiger charge is 2.27. The Hall–Kier alpha value is -1.07. The van der Waals surface area contributed by atoms with Gasteiger partial charge in [-0.3, -0.25) is 9.48 Å². The number of hydrogen-bond donors (Lipinski definition) is 2. The Labute approximate surface area is 133 Å². The molecule has 1 amide bonds. The minimum absolute atomic E-state index is 0. The van der Waals surface area contributed by atoms with Gasteiger partial charge in [0.1, 0.15) is 0 Å². The first-order valence-corrected chi connectivity index (χ1v) is 7.64. The number of carbonyl (C=O) groups excluding carboxylic acids is 1. The van der Waals surface area contributed by atoms with Crippen LogP contribution in [0.2, 0.25) is 0 Å². The summed E-state index contributed by atoms with van der Waals surface area (Å²) in [4.78, 5) is 12.0. The van der Waals surface area contributed by atoms with Crippen LogP contribution in [0.5, 0.6) is 0 Å². The minimum Gasteiger partial charge on any atom is -0.349 e. The van der Waals surface area contributed by atoms with Crippen LogP contribution in [0.15, 0.2) is 12.3 Å². The maximum Gasteiger partial charge on any atom is 0.240 e. The number of rotatable bonds is 6. The normalized spacial score (nSPS) is 18.0. The van der Waals surface area contributed by atoms with Crippen molar-refractivity contribution in [2.24, 2.45) is 5.73 Å². The van der Waals surface area contributed by atoms with E-state index in [9.17, 15) is 4.79 Å². The summed E-state index contributed by atoms with van der Waals surface area (Å²) in [6.45, 7) is 4.26. The van der Waals surface area contributed by atoms with E-state index in [2.05, 4.69) is 10.4 Å². The van der Waals surface area contributed by atoms with Gasteiger partial charge in [0.15, 0.2) is 0 Å². The standard InChI is InChI=1S/C15H26N4O.ClH/c1-3-9-15(2,16)14(20)17-11-12-8-10-19(18-12)13-6-4-5-7-13;/h8,10,13H,3-7,9,11,16H2,1-2H3,(H,17,20);1H. The molecule has 0 radical (unpaired) electrons. The second-order valence-corrected chi connectivity index (χ2v) is 6.08. The molecule has 0 aliphatic heterocycles. The van der Waals surface area contributed by atoms with Gasteiger partial charge in [0.05, 0.1) is 23.8 Å². The number of nitrogens with two attached hydrogens (primary N) is 1. The summed E-state index contributed by atoms with van der Waals surface area (Å²) in [5.41, 5.74) is 6.11. The quantitative estimate of drug-likeness (QED) is 0.847. The zero-order valence-corrected chi connectivity index (χ0v) is 13.8. The predicted molar refractivity (Wildman–Crippen MR) is 86.3 cm³/mol. The fourth-order valence-corrected chi connectivity index (χ4v) is 2.85. The second-order valence-electron chi connectivity index (χ2n) is 6.08. The lowest BCUT2D eigenvalue weighted by molar-refractivity contribution is -0.126. The van der Waals surface area contributed by atoms with Crippen molar-refractivity contribution < 1.29 is 4.79 Å². The SMILES string of the molecule is CCCC(C)(N)C(=O)NCc1ccn(C2CCCC2)n1.Cl. The summed E-state index contributed by atoms with van der Waals surface area (Å²) in [5.74, 6) is -0.102. The van der Waals surface area contributed by atoms with Crippen molar-refractivity contribution in [3.05, 3.63) is 18.0 Å². The topological polar surface area (TPSA) is 72.9 Å². The number of aromatic nitrogens is 2. The molecule has 1 atom stereocenters. The molecule has 6 heteroatoms. The number of nitrogens with zero attached hydrogens (tertiary/aromatic N) is 2. The fraction of sp³-hybridized carbons (Fsp3) is 0.733. The van der Waals surface area contributed by atoms with Crippen molar-refractivity contribution in [3.63, 3.8) is 0 Å². The summed E-state index contributed by atoms with van der Waals surface area (Å²) in [7, 11) is 0. The summed E-state index contributed by atoms with van der Waals surface area (Å²) < 4.78 is 2.04. The van der Waals surface area contributed by atoms with E-state index >= 15 is 0 Å². The molecular weight excluding hydrogens is 288 g/mol. The molecule has 0 aromatic carbocycles. The Morgan fingerprint density at radius 3 is 2.81 bits per heavy atom. The van der Waals surface area contributed by atoms with Crippen molar-refractivity contribution in [2.45, 2.75) is 70.5 Å². The van der Waals surface area contributed by atoms with Gasteiger partial charge in [-0.15, -0.1) is 12.4 Å². The van der Waals surface area contributed by atoms with E-state index in [1.807, 2.05) is 23.9 Å². The maximum atomic E-state index is 12.0. The van der Waals surface area contributed by atoms with Gasteiger partial charge in [0, 0.05) is 6.20 Å². The van der Waals surface area contributed by atoms with Crippen LogP contribution in [0, 0.1) is 0 Å². The molecule has 21 heavy (non-hydrogen) atoms. The summed E-state index contributed by atoms with van der Waals surface area (Å²) in [6.07, 6.45) is 8.62. The molecule has 1 unspecified atom stereocenters. The number of carbonyl (C=O) groups is 1. The third-order valence-electron chi connectivity index (χ3n) is 4.08. The predicted octanol–water partition coefficient (Wildman–Crippen LogP) is 2.55. The number of halogens is 1. The van der Waals surface area contributed by atoms with Crippen molar-refractivity contribution in [1.82, 2.24) is 15.1 Å². The highest BCUT2D eigenvalue weighted by Crippen LogP contribution is 2.28. The lowest BCUT2D eigenvalue weighted by Gasteiger charge is -2.22. The van der Waals surface area contributed by atoms with Crippen molar-refractivity contribution in [1.29, 1.82) is 0 Å². The first-order chi connectivity index (χ1) is 9.53. The molecule has 1 aliphatic rings. The molecule has 1 saturated carbocycles. The zero-order valence-electron chi connectivity index (χ0n) is 13.0. The van der Waals surface area contributed by atoms with Gasteiger partial charge in [-0.2, -0.15) is 5.10 Å².